The Labute approximate surface area is 120 Å². The lowest BCUT2D eigenvalue weighted by atomic mass is 10.1. The lowest BCUT2D eigenvalue weighted by Gasteiger charge is -2.18. The van der Waals surface area contributed by atoms with Crippen molar-refractivity contribution in [3.63, 3.8) is 0 Å². The lowest BCUT2D eigenvalue weighted by molar-refractivity contribution is 0.297. The molecule has 106 valence electrons. The smallest absolute Gasteiger partial charge is 0.161 e. The van der Waals surface area contributed by atoms with Crippen LogP contribution < -0.4 is 14.8 Å². The first-order valence-corrected chi connectivity index (χ1v) is 8.15. The standard InChI is InChI=1S/C15H23NO2S/c1-11(19-3)10-16-12(2)13-5-6-14-15(9-13)18-8-4-7-17-14/h5-6,9,11-12,16H,4,7-8,10H2,1-3H3. The summed E-state index contributed by atoms with van der Waals surface area (Å²) in [6.07, 6.45) is 3.09. The first-order chi connectivity index (χ1) is 9.20. The Morgan fingerprint density at radius 2 is 1.95 bits per heavy atom. The van der Waals surface area contributed by atoms with Gasteiger partial charge in [0.05, 0.1) is 13.2 Å². The van der Waals surface area contributed by atoms with E-state index in [1.807, 2.05) is 17.8 Å². The highest BCUT2D eigenvalue weighted by Gasteiger charge is 2.13. The normalized spacial score (nSPS) is 17.6. The molecule has 1 aromatic rings. The van der Waals surface area contributed by atoms with Crippen LogP contribution in [0.1, 0.15) is 31.9 Å². The summed E-state index contributed by atoms with van der Waals surface area (Å²) in [6, 6.07) is 6.56. The van der Waals surface area contributed by atoms with Gasteiger partial charge in [-0.3, -0.25) is 0 Å². The minimum atomic E-state index is 0.326. The van der Waals surface area contributed by atoms with E-state index in [1.165, 1.54) is 5.56 Å². The SMILES string of the molecule is CSC(C)CNC(C)c1ccc2c(c1)OCCCO2. The zero-order chi connectivity index (χ0) is 13.7. The van der Waals surface area contributed by atoms with Crippen LogP contribution in [-0.2, 0) is 0 Å². The predicted octanol–water partition coefficient (Wildman–Crippen LogP) is 3.25. The number of benzene rings is 1. The maximum atomic E-state index is 5.73. The molecule has 2 rings (SSSR count). The fourth-order valence-electron chi connectivity index (χ4n) is 1.99. The molecule has 2 unspecified atom stereocenters. The first-order valence-electron chi connectivity index (χ1n) is 6.86. The summed E-state index contributed by atoms with van der Waals surface area (Å²) in [6.45, 7) is 6.91. The first kappa shape index (κ1) is 14.5. The average Bonchev–Trinajstić information content (AvgIpc) is 2.68. The van der Waals surface area contributed by atoms with Crippen LogP contribution >= 0.6 is 11.8 Å². The van der Waals surface area contributed by atoms with Gasteiger partial charge < -0.3 is 14.8 Å². The molecule has 19 heavy (non-hydrogen) atoms. The maximum absolute atomic E-state index is 5.73. The van der Waals surface area contributed by atoms with Gasteiger partial charge >= 0.3 is 0 Å². The third-order valence-electron chi connectivity index (χ3n) is 3.39. The molecule has 4 heteroatoms. The van der Waals surface area contributed by atoms with Crippen molar-refractivity contribution in [2.75, 3.05) is 26.0 Å². The number of rotatable bonds is 5. The van der Waals surface area contributed by atoms with Crippen LogP contribution in [-0.4, -0.2) is 31.3 Å². The number of ether oxygens (including phenoxy) is 2. The van der Waals surface area contributed by atoms with E-state index in [4.69, 9.17) is 9.47 Å². The van der Waals surface area contributed by atoms with Crippen LogP contribution in [0.2, 0.25) is 0 Å². The van der Waals surface area contributed by atoms with Gasteiger partial charge in [0.15, 0.2) is 11.5 Å². The summed E-state index contributed by atoms with van der Waals surface area (Å²) in [5.74, 6) is 1.74. The van der Waals surface area contributed by atoms with Crippen LogP contribution in [0.4, 0.5) is 0 Å². The molecule has 1 N–H and O–H groups in total. The number of fused-ring (bicyclic) bond motifs is 1. The molecule has 0 aromatic heterocycles. The molecule has 0 radical (unpaired) electrons. The van der Waals surface area contributed by atoms with Crippen molar-refractivity contribution in [3.8, 4) is 11.5 Å². The zero-order valence-corrected chi connectivity index (χ0v) is 12.8. The fraction of sp³-hybridized carbons (Fsp3) is 0.600. The molecular formula is C15H23NO2S. The van der Waals surface area contributed by atoms with Crippen LogP contribution in [0.25, 0.3) is 0 Å². The topological polar surface area (TPSA) is 30.5 Å². The van der Waals surface area contributed by atoms with Crippen molar-refractivity contribution in [3.05, 3.63) is 23.8 Å². The quantitative estimate of drug-likeness (QED) is 0.897. The Bertz CT molecular complexity index is 411. The van der Waals surface area contributed by atoms with Gasteiger partial charge in [-0.05, 0) is 30.9 Å². The second-order valence-electron chi connectivity index (χ2n) is 4.93. The second-order valence-corrected chi connectivity index (χ2v) is 6.21. The fourth-order valence-corrected chi connectivity index (χ4v) is 2.26. The number of hydrogen-bond acceptors (Lipinski definition) is 4. The minimum Gasteiger partial charge on any atom is -0.490 e. The molecule has 0 saturated carbocycles. The van der Waals surface area contributed by atoms with Crippen molar-refractivity contribution in [2.24, 2.45) is 0 Å². The molecule has 0 amide bonds. The summed E-state index contributed by atoms with van der Waals surface area (Å²) in [5.41, 5.74) is 1.25. The molecule has 0 aliphatic carbocycles. The molecule has 1 aromatic carbocycles. The van der Waals surface area contributed by atoms with Crippen LogP contribution in [0.3, 0.4) is 0 Å². The van der Waals surface area contributed by atoms with Gasteiger partial charge in [0.25, 0.3) is 0 Å². The highest BCUT2D eigenvalue weighted by Crippen LogP contribution is 2.32. The van der Waals surface area contributed by atoms with E-state index in [9.17, 15) is 0 Å². The Morgan fingerprint density at radius 1 is 1.21 bits per heavy atom. The Balaban J connectivity index is 2.02. The summed E-state index contributed by atoms with van der Waals surface area (Å²) in [7, 11) is 0. The summed E-state index contributed by atoms with van der Waals surface area (Å²) < 4.78 is 11.4. The maximum Gasteiger partial charge on any atom is 0.161 e. The molecule has 0 spiro atoms. The third-order valence-corrected chi connectivity index (χ3v) is 4.36. The monoisotopic (exact) mass is 281 g/mol. The van der Waals surface area contributed by atoms with Gasteiger partial charge in [0, 0.05) is 24.3 Å². The summed E-state index contributed by atoms with van der Waals surface area (Å²) >= 11 is 1.88. The lowest BCUT2D eigenvalue weighted by Crippen LogP contribution is -2.25. The molecule has 1 aliphatic heterocycles. The highest BCUT2D eigenvalue weighted by atomic mass is 32.2. The number of nitrogens with one attached hydrogen (secondary N) is 1. The minimum absolute atomic E-state index is 0.326. The highest BCUT2D eigenvalue weighted by molar-refractivity contribution is 7.99. The van der Waals surface area contributed by atoms with E-state index >= 15 is 0 Å². The van der Waals surface area contributed by atoms with Gasteiger partial charge in [-0.2, -0.15) is 11.8 Å². The molecule has 0 fully saturated rings. The van der Waals surface area contributed by atoms with E-state index in [0.29, 0.717) is 11.3 Å². The number of hydrogen-bond donors (Lipinski definition) is 1. The van der Waals surface area contributed by atoms with Crippen LogP contribution in [0.15, 0.2) is 18.2 Å². The average molecular weight is 281 g/mol. The van der Waals surface area contributed by atoms with Crippen LogP contribution in [0, 0.1) is 0 Å². The van der Waals surface area contributed by atoms with E-state index in [2.05, 4.69) is 37.6 Å². The predicted molar refractivity (Wildman–Crippen MR) is 81.4 cm³/mol. The Kier molecular flexibility index (Phi) is 5.40. The van der Waals surface area contributed by atoms with E-state index in [-0.39, 0.29) is 0 Å². The van der Waals surface area contributed by atoms with Crippen molar-refractivity contribution >= 4 is 11.8 Å². The largest absolute Gasteiger partial charge is 0.490 e. The van der Waals surface area contributed by atoms with Crippen molar-refractivity contribution in [1.29, 1.82) is 0 Å². The summed E-state index contributed by atoms with van der Waals surface area (Å²) in [4.78, 5) is 0. The van der Waals surface area contributed by atoms with Crippen molar-refractivity contribution in [2.45, 2.75) is 31.6 Å². The third kappa shape index (κ3) is 4.05. The summed E-state index contributed by atoms with van der Waals surface area (Å²) in [5, 5.41) is 4.18. The Hall–Kier alpha value is -0.870. The van der Waals surface area contributed by atoms with Crippen LogP contribution in [0.5, 0.6) is 11.5 Å². The Morgan fingerprint density at radius 3 is 2.68 bits per heavy atom. The van der Waals surface area contributed by atoms with Gasteiger partial charge in [-0.1, -0.05) is 13.0 Å². The van der Waals surface area contributed by atoms with Gasteiger partial charge in [0.1, 0.15) is 0 Å². The van der Waals surface area contributed by atoms with Gasteiger partial charge in [-0.15, -0.1) is 0 Å². The van der Waals surface area contributed by atoms with E-state index in [1.54, 1.807) is 0 Å². The van der Waals surface area contributed by atoms with E-state index < -0.39 is 0 Å². The van der Waals surface area contributed by atoms with Gasteiger partial charge in [-0.25, -0.2) is 0 Å². The molecule has 0 saturated heterocycles. The molecule has 1 aliphatic rings. The molecule has 1 heterocycles. The van der Waals surface area contributed by atoms with Crippen molar-refractivity contribution in [1.82, 2.24) is 5.32 Å². The van der Waals surface area contributed by atoms with E-state index in [0.717, 1.165) is 37.7 Å². The zero-order valence-electron chi connectivity index (χ0n) is 11.9. The van der Waals surface area contributed by atoms with Crippen molar-refractivity contribution < 1.29 is 9.47 Å². The molecular weight excluding hydrogens is 258 g/mol. The number of thioether (sulfide) groups is 1. The molecule has 2 atom stereocenters. The molecule has 0 bridgehead atoms. The van der Waals surface area contributed by atoms with Gasteiger partial charge in [0.2, 0.25) is 0 Å². The molecule has 3 nitrogen and oxygen atoms in total. The second kappa shape index (κ2) is 7.06.